The van der Waals surface area contributed by atoms with E-state index >= 15 is 0 Å². The molecule has 2 aromatic rings. The molecule has 124 valence electrons. The van der Waals surface area contributed by atoms with Gasteiger partial charge in [0.2, 0.25) is 0 Å². The number of nitrogens with one attached hydrogen (secondary N) is 2. The molecule has 1 amide bonds. The smallest absolute Gasteiger partial charge is 0.340 e. The third-order valence-corrected chi connectivity index (χ3v) is 3.48. The molecule has 1 aliphatic rings. The predicted octanol–water partition coefficient (Wildman–Crippen LogP) is 2.50. The monoisotopic (exact) mass is 346 g/mol. The summed E-state index contributed by atoms with van der Waals surface area (Å²) in [6.07, 6.45) is 5.11. The Kier molecular flexibility index (Phi) is 4.90. The Morgan fingerprint density at radius 3 is 2.50 bits per heavy atom. The topological polar surface area (TPSA) is 93.2 Å². The molecular formula is C16H15ClN4O3. The molecule has 3 rings (SSSR count). The number of halogens is 1. The number of amides is 1. The third kappa shape index (κ3) is 4.66. The largest absolute Gasteiger partial charge is 0.452 e. The SMILES string of the molecule is O=C(COC(=O)c1ccc(NC2CC2)nc1)Nc1ccc(Cl)cn1. The minimum atomic E-state index is -0.611. The van der Waals surface area contributed by atoms with Gasteiger partial charge in [-0.1, -0.05) is 11.6 Å². The van der Waals surface area contributed by atoms with Gasteiger partial charge in [0.05, 0.1) is 10.6 Å². The Morgan fingerprint density at radius 1 is 1.12 bits per heavy atom. The Labute approximate surface area is 143 Å². The molecule has 2 heterocycles. The molecule has 8 heteroatoms. The van der Waals surface area contributed by atoms with Crippen LogP contribution in [0.25, 0.3) is 0 Å². The van der Waals surface area contributed by atoms with Crippen molar-refractivity contribution in [3.8, 4) is 0 Å². The summed E-state index contributed by atoms with van der Waals surface area (Å²) in [6.45, 7) is -0.411. The average Bonchev–Trinajstić information content (AvgIpc) is 3.39. The second kappa shape index (κ2) is 7.27. The number of anilines is 2. The summed E-state index contributed by atoms with van der Waals surface area (Å²) in [6, 6.07) is 6.96. The van der Waals surface area contributed by atoms with Crippen LogP contribution in [0.1, 0.15) is 23.2 Å². The van der Waals surface area contributed by atoms with E-state index in [1.165, 1.54) is 12.4 Å². The normalized spacial score (nSPS) is 13.2. The molecule has 2 N–H and O–H groups in total. The number of aromatic nitrogens is 2. The maximum Gasteiger partial charge on any atom is 0.340 e. The number of carbonyl (C=O) groups is 2. The minimum Gasteiger partial charge on any atom is -0.452 e. The molecule has 7 nitrogen and oxygen atoms in total. The zero-order valence-corrected chi connectivity index (χ0v) is 13.4. The van der Waals surface area contributed by atoms with Crippen LogP contribution in [0, 0.1) is 0 Å². The quantitative estimate of drug-likeness (QED) is 0.781. The second-order valence-corrected chi connectivity index (χ2v) is 5.77. The highest BCUT2D eigenvalue weighted by Crippen LogP contribution is 2.23. The Bertz CT molecular complexity index is 730. The van der Waals surface area contributed by atoms with Crippen molar-refractivity contribution in [2.45, 2.75) is 18.9 Å². The molecule has 1 fully saturated rings. The van der Waals surface area contributed by atoms with Crippen molar-refractivity contribution in [2.24, 2.45) is 0 Å². The molecule has 1 aliphatic carbocycles. The van der Waals surface area contributed by atoms with E-state index in [4.69, 9.17) is 16.3 Å². The summed E-state index contributed by atoms with van der Waals surface area (Å²) < 4.78 is 4.95. The van der Waals surface area contributed by atoms with Crippen molar-refractivity contribution in [1.82, 2.24) is 9.97 Å². The number of carbonyl (C=O) groups excluding carboxylic acids is 2. The van der Waals surface area contributed by atoms with Gasteiger partial charge in [-0.3, -0.25) is 4.79 Å². The van der Waals surface area contributed by atoms with Crippen molar-refractivity contribution < 1.29 is 14.3 Å². The highest BCUT2D eigenvalue weighted by Gasteiger charge is 2.21. The molecular weight excluding hydrogens is 332 g/mol. The number of esters is 1. The zero-order valence-electron chi connectivity index (χ0n) is 12.7. The number of ether oxygens (including phenoxy) is 1. The van der Waals surface area contributed by atoms with Crippen LogP contribution in [-0.2, 0) is 9.53 Å². The summed E-state index contributed by atoms with van der Waals surface area (Å²) in [7, 11) is 0. The molecule has 24 heavy (non-hydrogen) atoms. The van der Waals surface area contributed by atoms with Gasteiger partial charge in [-0.2, -0.15) is 0 Å². The Morgan fingerprint density at radius 2 is 1.88 bits per heavy atom. The summed E-state index contributed by atoms with van der Waals surface area (Å²) in [4.78, 5) is 31.7. The summed E-state index contributed by atoms with van der Waals surface area (Å²) in [5.41, 5.74) is 0.286. The third-order valence-electron chi connectivity index (χ3n) is 3.26. The van der Waals surface area contributed by atoms with Crippen LogP contribution >= 0.6 is 11.6 Å². The van der Waals surface area contributed by atoms with Gasteiger partial charge in [0, 0.05) is 18.4 Å². The molecule has 0 bridgehead atoms. The highest BCUT2D eigenvalue weighted by molar-refractivity contribution is 6.30. The van der Waals surface area contributed by atoms with Gasteiger partial charge in [-0.05, 0) is 37.1 Å². The van der Waals surface area contributed by atoms with E-state index in [1.54, 1.807) is 24.3 Å². The van der Waals surface area contributed by atoms with Crippen LogP contribution in [-0.4, -0.2) is 34.5 Å². The van der Waals surface area contributed by atoms with Gasteiger partial charge < -0.3 is 15.4 Å². The van der Waals surface area contributed by atoms with Gasteiger partial charge in [0.25, 0.3) is 5.91 Å². The van der Waals surface area contributed by atoms with E-state index in [0.29, 0.717) is 16.9 Å². The first-order chi connectivity index (χ1) is 11.6. The highest BCUT2D eigenvalue weighted by atomic mass is 35.5. The van der Waals surface area contributed by atoms with Crippen molar-refractivity contribution in [1.29, 1.82) is 0 Å². The maximum atomic E-state index is 11.9. The molecule has 0 unspecified atom stereocenters. The molecule has 2 aromatic heterocycles. The van der Waals surface area contributed by atoms with Crippen LogP contribution in [0.3, 0.4) is 0 Å². The molecule has 1 saturated carbocycles. The summed E-state index contributed by atoms with van der Waals surface area (Å²) in [5.74, 6) is -0.0453. The van der Waals surface area contributed by atoms with Crippen molar-refractivity contribution in [2.75, 3.05) is 17.2 Å². The van der Waals surface area contributed by atoms with Crippen LogP contribution in [0.15, 0.2) is 36.7 Å². The molecule has 0 spiro atoms. The van der Waals surface area contributed by atoms with E-state index in [-0.39, 0.29) is 5.56 Å². The van der Waals surface area contributed by atoms with Crippen LogP contribution in [0.2, 0.25) is 5.02 Å². The summed E-state index contributed by atoms with van der Waals surface area (Å²) in [5, 5.41) is 6.19. The number of hydrogen-bond donors (Lipinski definition) is 2. The first-order valence-corrected chi connectivity index (χ1v) is 7.79. The lowest BCUT2D eigenvalue weighted by Crippen LogP contribution is -2.21. The number of pyridine rings is 2. The van der Waals surface area contributed by atoms with Crippen molar-refractivity contribution in [3.63, 3.8) is 0 Å². The van der Waals surface area contributed by atoms with E-state index in [1.807, 2.05) is 0 Å². The molecule has 0 radical (unpaired) electrons. The lowest BCUT2D eigenvalue weighted by atomic mass is 10.3. The predicted molar refractivity (Wildman–Crippen MR) is 89.0 cm³/mol. The fourth-order valence-electron chi connectivity index (χ4n) is 1.88. The standard InChI is InChI=1S/C16H15ClN4O3/c17-11-2-6-14(19-8-11)21-15(22)9-24-16(23)10-1-5-13(18-7-10)20-12-3-4-12/h1-2,5-8,12H,3-4,9H2,(H,18,20)(H,19,21,22). The Balaban J connectivity index is 1.47. The minimum absolute atomic E-state index is 0.286. The molecule has 0 atom stereocenters. The van der Waals surface area contributed by atoms with Crippen LogP contribution in [0.4, 0.5) is 11.6 Å². The van der Waals surface area contributed by atoms with E-state index < -0.39 is 18.5 Å². The van der Waals surface area contributed by atoms with Crippen LogP contribution in [0.5, 0.6) is 0 Å². The fraction of sp³-hybridized carbons (Fsp3) is 0.250. The van der Waals surface area contributed by atoms with E-state index in [9.17, 15) is 9.59 Å². The molecule has 0 aliphatic heterocycles. The van der Waals surface area contributed by atoms with Gasteiger partial charge >= 0.3 is 5.97 Å². The summed E-state index contributed by atoms with van der Waals surface area (Å²) >= 11 is 5.71. The first kappa shape index (κ1) is 16.2. The second-order valence-electron chi connectivity index (χ2n) is 5.34. The van der Waals surface area contributed by atoms with E-state index in [0.717, 1.165) is 18.7 Å². The fourth-order valence-corrected chi connectivity index (χ4v) is 1.99. The van der Waals surface area contributed by atoms with Gasteiger partial charge in [-0.15, -0.1) is 0 Å². The van der Waals surface area contributed by atoms with E-state index in [2.05, 4.69) is 20.6 Å². The lowest BCUT2D eigenvalue weighted by Gasteiger charge is -2.07. The van der Waals surface area contributed by atoms with Crippen molar-refractivity contribution in [3.05, 3.63) is 47.2 Å². The van der Waals surface area contributed by atoms with Crippen molar-refractivity contribution >= 4 is 35.1 Å². The Hall–Kier alpha value is -2.67. The van der Waals surface area contributed by atoms with Gasteiger partial charge in [0.1, 0.15) is 11.6 Å². The van der Waals surface area contributed by atoms with Gasteiger partial charge in [0.15, 0.2) is 6.61 Å². The molecule has 0 aromatic carbocycles. The average molecular weight is 347 g/mol. The number of nitrogens with zero attached hydrogens (tertiary/aromatic N) is 2. The maximum absolute atomic E-state index is 11.9. The number of hydrogen-bond acceptors (Lipinski definition) is 6. The number of rotatable bonds is 6. The van der Waals surface area contributed by atoms with Gasteiger partial charge in [-0.25, -0.2) is 14.8 Å². The lowest BCUT2D eigenvalue weighted by molar-refractivity contribution is -0.119. The molecule has 0 saturated heterocycles. The zero-order chi connectivity index (χ0) is 16.9. The van der Waals surface area contributed by atoms with Crippen LogP contribution < -0.4 is 10.6 Å². The first-order valence-electron chi connectivity index (χ1n) is 7.41.